The molecule has 0 saturated carbocycles. The van der Waals surface area contributed by atoms with Crippen molar-refractivity contribution in [2.24, 2.45) is 0 Å². The van der Waals surface area contributed by atoms with E-state index in [1.165, 1.54) is 13.2 Å². The van der Waals surface area contributed by atoms with Gasteiger partial charge >= 0.3 is 0 Å². The minimum atomic E-state index is -0.346. The normalized spacial score (nSPS) is 20.0. The highest BCUT2D eigenvalue weighted by molar-refractivity contribution is 6.36. The fourth-order valence-corrected chi connectivity index (χ4v) is 5.46. The van der Waals surface area contributed by atoms with Gasteiger partial charge in [0, 0.05) is 43.2 Å². The molecule has 3 aromatic carbocycles. The fraction of sp³-hybridized carbons (Fsp3) is 0.333. The van der Waals surface area contributed by atoms with Gasteiger partial charge in [-0.25, -0.2) is 0 Å². The Morgan fingerprint density at radius 1 is 1.00 bits per heavy atom. The number of carbonyl (C=O) groups is 2. The number of ether oxygens (including phenoxy) is 3. The highest BCUT2D eigenvalue weighted by Crippen LogP contribution is 2.34. The van der Waals surface area contributed by atoms with Crippen LogP contribution in [0.1, 0.15) is 23.1 Å². The van der Waals surface area contributed by atoms with Crippen molar-refractivity contribution in [1.82, 2.24) is 15.5 Å². The number of phenolic OH excluding ortho intramolecular Hbond substituents is 1. The number of phenols is 1. The lowest BCUT2D eigenvalue weighted by Gasteiger charge is -2.22. The number of halogens is 2. The van der Waals surface area contributed by atoms with Crippen LogP contribution in [0, 0.1) is 0 Å². The molecule has 5 heterocycles. The van der Waals surface area contributed by atoms with Crippen LogP contribution in [-0.4, -0.2) is 60.8 Å². The Hall–Kier alpha value is -3.66. The topological polar surface area (TPSA) is 109 Å². The van der Waals surface area contributed by atoms with Crippen LogP contribution in [0.25, 0.3) is 0 Å². The first-order chi connectivity index (χ1) is 19.8. The van der Waals surface area contributed by atoms with E-state index in [9.17, 15) is 14.7 Å². The molecule has 41 heavy (non-hydrogen) atoms. The lowest BCUT2D eigenvalue weighted by atomic mass is 10.1. The maximum Gasteiger partial charge on any atom is 0.258 e. The summed E-state index contributed by atoms with van der Waals surface area (Å²) in [5.41, 5.74) is 2.41. The number of aryl methyl sites for hydroxylation is 1. The molecule has 1 fully saturated rings. The predicted molar refractivity (Wildman–Crippen MR) is 155 cm³/mol. The average Bonchev–Trinajstić information content (AvgIpc) is 3.34. The van der Waals surface area contributed by atoms with Crippen molar-refractivity contribution in [3.63, 3.8) is 0 Å². The molecule has 5 aliphatic rings. The molecule has 3 N–H and O–H groups in total. The summed E-state index contributed by atoms with van der Waals surface area (Å²) >= 11 is 12.7. The molecular formula is C30H31Cl2N3O6. The second-order valence-corrected chi connectivity index (χ2v) is 10.9. The third kappa shape index (κ3) is 7.16. The first kappa shape index (κ1) is 28.9. The molecule has 2 amide bonds. The Labute approximate surface area is 248 Å². The number of amides is 2. The summed E-state index contributed by atoms with van der Waals surface area (Å²) < 4.78 is 17.5. The molecule has 9 nitrogen and oxygen atoms in total. The monoisotopic (exact) mass is 599 g/mol. The second-order valence-electron chi connectivity index (χ2n) is 10.1. The summed E-state index contributed by atoms with van der Waals surface area (Å²) in [5, 5.41) is 16.8. The van der Waals surface area contributed by atoms with Crippen LogP contribution < -0.4 is 24.8 Å². The van der Waals surface area contributed by atoms with E-state index in [1.54, 1.807) is 12.1 Å². The van der Waals surface area contributed by atoms with Crippen LogP contribution in [0.5, 0.6) is 23.0 Å². The highest BCUT2D eigenvalue weighted by Gasteiger charge is 2.36. The van der Waals surface area contributed by atoms with Crippen LogP contribution in [0.15, 0.2) is 54.6 Å². The molecule has 3 aromatic rings. The van der Waals surface area contributed by atoms with E-state index in [0.717, 1.165) is 11.1 Å². The molecule has 8 rings (SSSR count). The van der Waals surface area contributed by atoms with Crippen molar-refractivity contribution in [1.29, 1.82) is 0 Å². The molecule has 216 valence electrons. The highest BCUT2D eigenvalue weighted by atomic mass is 35.5. The number of aromatic hydroxyl groups is 1. The number of hydrogen-bond donors (Lipinski definition) is 3. The summed E-state index contributed by atoms with van der Waals surface area (Å²) in [6.45, 7) is 1.56. The van der Waals surface area contributed by atoms with Gasteiger partial charge in [0.1, 0.15) is 17.6 Å². The third-order valence-corrected chi connectivity index (χ3v) is 7.94. The van der Waals surface area contributed by atoms with E-state index in [0.29, 0.717) is 60.4 Å². The number of nitrogens with one attached hydrogen (secondary N) is 2. The zero-order valence-corrected chi connectivity index (χ0v) is 24.0. The molecule has 5 aliphatic heterocycles. The standard InChI is InChI=1S/C30H31Cl2N3O6/c1-39-26-12-18-4-10-25(26)40-17-29(38)33-13-19-2-6-20(7-3-19)41-27-16-35(15-23(27)34-28(37)11-5-18)14-21-22(31)8-9-24(36)30(21)32/h2-4,6-10,12,23,27,36H,5,11,13-17H2,1H3,(H,33,38)(H,34,37)/t23-,27-/m0/s1. The van der Waals surface area contributed by atoms with Crippen molar-refractivity contribution in [2.45, 2.75) is 38.1 Å². The zero-order valence-electron chi connectivity index (χ0n) is 22.5. The fourth-order valence-electron chi connectivity index (χ4n) is 4.97. The van der Waals surface area contributed by atoms with Crippen molar-refractivity contribution < 1.29 is 28.9 Å². The molecule has 0 spiro atoms. The SMILES string of the molecule is COc1cc2ccc1OCC(=O)NCc1ccc(cc1)O[C@H]1CN(Cc3c(Cl)ccc(O)c3Cl)C[C@@H]1NC(=O)CC2. The van der Waals surface area contributed by atoms with Crippen molar-refractivity contribution >= 4 is 35.0 Å². The summed E-state index contributed by atoms with van der Waals surface area (Å²) in [6.07, 6.45) is 0.399. The number of nitrogens with zero attached hydrogens (tertiary/aromatic N) is 1. The Morgan fingerprint density at radius 2 is 1.78 bits per heavy atom. The summed E-state index contributed by atoms with van der Waals surface area (Å²) in [4.78, 5) is 27.5. The molecular weight excluding hydrogens is 569 g/mol. The van der Waals surface area contributed by atoms with E-state index >= 15 is 0 Å². The van der Waals surface area contributed by atoms with E-state index in [4.69, 9.17) is 37.4 Å². The Bertz CT molecular complexity index is 1420. The third-order valence-electron chi connectivity index (χ3n) is 7.16. The lowest BCUT2D eigenvalue weighted by Crippen LogP contribution is -2.45. The largest absolute Gasteiger partial charge is 0.506 e. The Kier molecular flexibility index (Phi) is 9.07. The molecule has 0 aliphatic carbocycles. The zero-order chi connectivity index (χ0) is 28.9. The van der Waals surface area contributed by atoms with Crippen LogP contribution >= 0.6 is 23.2 Å². The second kappa shape index (κ2) is 12.9. The van der Waals surface area contributed by atoms with Gasteiger partial charge in [0.2, 0.25) is 5.91 Å². The van der Waals surface area contributed by atoms with Crippen LogP contribution in [0.4, 0.5) is 0 Å². The van der Waals surface area contributed by atoms with E-state index in [1.807, 2.05) is 36.4 Å². The number of hydrogen-bond acceptors (Lipinski definition) is 7. The molecule has 2 atom stereocenters. The molecule has 0 unspecified atom stereocenters. The van der Waals surface area contributed by atoms with Gasteiger partial charge < -0.3 is 30.0 Å². The van der Waals surface area contributed by atoms with Gasteiger partial charge in [-0.15, -0.1) is 0 Å². The lowest BCUT2D eigenvalue weighted by molar-refractivity contribution is -0.123. The van der Waals surface area contributed by atoms with E-state index in [2.05, 4.69) is 15.5 Å². The number of benzene rings is 3. The minimum Gasteiger partial charge on any atom is -0.506 e. The van der Waals surface area contributed by atoms with Gasteiger partial charge in [0.25, 0.3) is 5.91 Å². The number of carbonyl (C=O) groups excluding carboxylic acids is 2. The van der Waals surface area contributed by atoms with Gasteiger partial charge in [-0.2, -0.15) is 0 Å². The molecule has 0 aromatic heterocycles. The number of likely N-dealkylation sites (tertiary alicyclic amines) is 1. The van der Waals surface area contributed by atoms with E-state index < -0.39 is 0 Å². The van der Waals surface area contributed by atoms with Gasteiger partial charge in [0.15, 0.2) is 18.1 Å². The Balaban J connectivity index is 1.37. The van der Waals surface area contributed by atoms with Gasteiger partial charge in [-0.3, -0.25) is 14.5 Å². The minimum absolute atomic E-state index is 0.0363. The first-order valence-corrected chi connectivity index (χ1v) is 14.0. The molecule has 1 saturated heterocycles. The van der Waals surface area contributed by atoms with Crippen LogP contribution in [-0.2, 0) is 29.1 Å². The summed E-state index contributed by atoms with van der Waals surface area (Å²) in [5.74, 6) is 1.18. The van der Waals surface area contributed by atoms with Gasteiger partial charge in [0.05, 0.1) is 18.2 Å². The maximum atomic E-state index is 13.1. The summed E-state index contributed by atoms with van der Waals surface area (Å²) in [6, 6.07) is 15.6. The van der Waals surface area contributed by atoms with E-state index in [-0.39, 0.29) is 47.8 Å². The number of methoxy groups -OCH3 is 1. The van der Waals surface area contributed by atoms with Gasteiger partial charge in [-0.05, 0) is 53.9 Å². The number of rotatable bonds is 3. The van der Waals surface area contributed by atoms with Gasteiger partial charge in [-0.1, -0.05) is 41.4 Å². The molecule has 4 bridgehead atoms. The average molecular weight is 600 g/mol. The van der Waals surface area contributed by atoms with Crippen LogP contribution in [0.2, 0.25) is 10.0 Å². The Morgan fingerprint density at radius 3 is 2.56 bits per heavy atom. The predicted octanol–water partition coefficient (Wildman–Crippen LogP) is 4.10. The molecule has 0 radical (unpaired) electrons. The van der Waals surface area contributed by atoms with Crippen molar-refractivity contribution in [3.8, 4) is 23.0 Å². The maximum absolute atomic E-state index is 13.1. The van der Waals surface area contributed by atoms with Crippen LogP contribution in [0.3, 0.4) is 0 Å². The van der Waals surface area contributed by atoms with Crippen molar-refractivity contribution in [3.05, 3.63) is 81.3 Å². The first-order valence-electron chi connectivity index (χ1n) is 13.3. The quantitative estimate of drug-likeness (QED) is 0.416. The van der Waals surface area contributed by atoms with Crippen molar-refractivity contribution in [2.75, 3.05) is 26.8 Å². The summed E-state index contributed by atoms with van der Waals surface area (Å²) in [7, 11) is 1.53. The smallest absolute Gasteiger partial charge is 0.258 e. The molecule has 11 heteroatoms.